The predicted octanol–water partition coefficient (Wildman–Crippen LogP) is 3.68. The number of nitriles is 1. The molecule has 11 nitrogen and oxygen atoms in total. The van der Waals surface area contributed by atoms with Crippen LogP contribution in [-0.4, -0.2) is 19.1 Å². The summed E-state index contributed by atoms with van der Waals surface area (Å²) in [4.78, 5) is 24.1. The largest absolute Gasteiger partial charge is 0.495 e. The summed E-state index contributed by atoms with van der Waals surface area (Å²) in [5.74, 6) is -0.931. The van der Waals surface area contributed by atoms with Crippen molar-refractivity contribution in [2.45, 2.75) is 5.92 Å². The number of fused-ring (bicyclic) bond motifs is 4. The van der Waals surface area contributed by atoms with E-state index in [0.717, 1.165) is 0 Å². The van der Waals surface area contributed by atoms with Crippen molar-refractivity contribution in [3.05, 3.63) is 79.7 Å². The van der Waals surface area contributed by atoms with E-state index in [0.29, 0.717) is 16.5 Å². The first-order valence-electron chi connectivity index (χ1n) is 9.85. The molecule has 3 heterocycles. The van der Waals surface area contributed by atoms with Gasteiger partial charge in [-0.15, -0.1) is 0 Å². The Labute approximate surface area is 190 Å². The van der Waals surface area contributed by atoms with Gasteiger partial charge in [-0.3, -0.25) is 10.1 Å². The first-order chi connectivity index (χ1) is 16.4. The van der Waals surface area contributed by atoms with Gasteiger partial charge in [0.1, 0.15) is 22.8 Å². The van der Waals surface area contributed by atoms with Gasteiger partial charge in [0.05, 0.1) is 42.3 Å². The summed E-state index contributed by atoms with van der Waals surface area (Å²) >= 11 is 0. The lowest BCUT2D eigenvalue weighted by molar-refractivity contribution is -0.384. The molecule has 34 heavy (non-hydrogen) atoms. The number of nitro groups is 1. The van der Waals surface area contributed by atoms with E-state index in [2.05, 4.69) is 0 Å². The molecule has 4 aromatic rings. The monoisotopic (exact) mass is 461 g/mol. The van der Waals surface area contributed by atoms with Crippen molar-refractivity contribution in [3.8, 4) is 23.3 Å². The van der Waals surface area contributed by atoms with Crippen LogP contribution in [0.4, 0.5) is 5.69 Å². The molecule has 11 heteroatoms. The summed E-state index contributed by atoms with van der Waals surface area (Å²) in [7, 11) is 2.81. The summed E-state index contributed by atoms with van der Waals surface area (Å²) in [5, 5.41) is 21.9. The molecule has 1 aliphatic heterocycles. The lowest BCUT2D eigenvalue weighted by atomic mass is 9.83. The van der Waals surface area contributed by atoms with E-state index >= 15 is 0 Å². The first-order valence-corrected chi connectivity index (χ1v) is 9.85. The predicted molar refractivity (Wildman–Crippen MR) is 118 cm³/mol. The van der Waals surface area contributed by atoms with Crippen LogP contribution in [0.25, 0.3) is 21.9 Å². The Kier molecular flexibility index (Phi) is 4.65. The van der Waals surface area contributed by atoms with Crippen LogP contribution in [0.5, 0.6) is 17.2 Å². The van der Waals surface area contributed by atoms with Crippen molar-refractivity contribution >= 4 is 27.6 Å². The van der Waals surface area contributed by atoms with Crippen molar-refractivity contribution in [1.29, 1.82) is 5.26 Å². The minimum Gasteiger partial charge on any atom is -0.495 e. The van der Waals surface area contributed by atoms with Crippen LogP contribution in [0.3, 0.4) is 0 Å². The Bertz CT molecular complexity index is 1640. The molecular formula is C23H15N3O8. The number of non-ortho nitro benzene ring substituents is 1. The number of benzene rings is 2. The van der Waals surface area contributed by atoms with Gasteiger partial charge >= 0.3 is 5.63 Å². The number of ether oxygens (including phenoxy) is 3. The quantitative estimate of drug-likeness (QED) is 0.269. The van der Waals surface area contributed by atoms with Crippen molar-refractivity contribution in [3.63, 3.8) is 0 Å². The topological polar surface area (TPSA) is 164 Å². The third kappa shape index (κ3) is 2.79. The third-order valence-electron chi connectivity index (χ3n) is 5.66. The van der Waals surface area contributed by atoms with Gasteiger partial charge in [0.2, 0.25) is 11.6 Å². The number of nitrogens with two attached hydrogens (primary N) is 1. The van der Waals surface area contributed by atoms with E-state index in [-0.39, 0.29) is 50.9 Å². The molecule has 170 valence electrons. The molecule has 1 atom stereocenters. The zero-order valence-electron chi connectivity index (χ0n) is 17.8. The zero-order valence-corrected chi connectivity index (χ0v) is 17.8. The molecule has 1 unspecified atom stereocenters. The van der Waals surface area contributed by atoms with E-state index in [1.165, 1.54) is 38.7 Å². The average Bonchev–Trinajstić information content (AvgIpc) is 3.31. The second kappa shape index (κ2) is 7.56. The van der Waals surface area contributed by atoms with Crippen LogP contribution in [0.1, 0.15) is 17.0 Å². The van der Waals surface area contributed by atoms with Gasteiger partial charge in [-0.2, -0.15) is 5.26 Å². The second-order valence-electron chi connectivity index (χ2n) is 7.34. The molecule has 0 aliphatic carbocycles. The highest BCUT2D eigenvalue weighted by molar-refractivity contribution is 6.09. The number of methoxy groups -OCH3 is 2. The fourth-order valence-electron chi connectivity index (χ4n) is 4.27. The molecule has 0 saturated carbocycles. The SMILES string of the molecule is COc1c2occc2c(OC)c2c3c(c(=O)oc12)C(c1cccc([N+](=O)[O-])c1)C(C#N)=C(N)O3. The summed E-state index contributed by atoms with van der Waals surface area (Å²) in [6.45, 7) is 0. The molecule has 5 rings (SSSR count). The fraction of sp³-hybridized carbons (Fsp3) is 0.130. The van der Waals surface area contributed by atoms with Crippen LogP contribution >= 0.6 is 0 Å². The normalized spacial score (nSPS) is 15.0. The van der Waals surface area contributed by atoms with E-state index in [4.69, 9.17) is 28.8 Å². The molecule has 2 aromatic carbocycles. The van der Waals surface area contributed by atoms with Crippen LogP contribution in [0.2, 0.25) is 0 Å². The minimum atomic E-state index is -1.08. The highest BCUT2D eigenvalue weighted by atomic mass is 16.6. The molecule has 0 amide bonds. The van der Waals surface area contributed by atoms with Gasteiger partial charge in [-0.25, -0.2) is 4.79 Å². The molecule has 0 saturated heterocycles. The lowest BCUT2D eigenvalue weighted by Gasteiger charge is -2.26. The van der Waals surface area contributed by atoms with Gasteiger partial charge in [-0.05, 0) is 11.6 Å². The van der Waals surface area contributed by atoms with Crippen molar-refractivity contribution in [2.75, 3.05) is 14.2 Å². The lowest BCUT2D eigenvalue weighted by Crippen LogP contribution is -2.26. The van der Waals surface area contributed by atoms with Gasteiger partial charge in [-0.1, -0.05) is 12.1 Å². The molecule has 1 aliphatic rings. The van der Waals surface area contributed by atoms with Crippen molar-refractivity contribution in [2.24, 2.45) is 5.73 Å². The maximum absolute atomic E-state index is 13.3. The molecule has 2 aromatic heterocycles. The standard InChI is InChI=1S/C23H15N3O8/c1-30-17-12-6-7-32-18(12)21(31-2)20-16(17)19-15(23(27)34-20)14(13(9-24)22(25)33-19)10-4-3-5-11(8-10)26(28)29/h3-8,14H,25H2,1-2H3. The second-order valence-corrected chi connectivity index (χ2v) is 7.34. The van der Waals surface area contributed by atoms with Crippen molar-refractivity contribution in [1.82, 2.24) is 0 Å². The average molecular weight is 461 g/mol. The van der Waals surface area contributed by atoms with E-state index in [1.807, 2.05) is 6.07 Å². The Morgan fingerprint density at radius 3 is 2.62 bits per heavy atom. The van der Waals surface area contributed by atoms with Crippen molar-refractivity contribution < 1.29 is 28.0 Å². The van der Waals surface area contributed by atoms with E-state index in [9.17, 15) is 20.2 Å². The van der Waals surface area contributed by atoms with Crippen LogP contribution in [0.15, 0.2) is 61.7 Å². The molecule has 0 spiro atoms. The Morgan fingerprint density at radius 2 is 1.94 bits per heavy atom. The summed E-state index contributed by atoms with van der Waals surface area (Å²) in [6.07, 6.45) is 1.42. The first kappa shape index (κ1) is 20.9. The number of nitrogens with zero attached hydrogens (tertiary/aromatic N) is 2. The number of hydrogen-bond acceptors (Lipinski definition) is 10. The third-order valence-corrected chi connectivity index (χ3v) is 5.66. The summed E-state index contributed by atoms with van der Waals surface area (Å²) in [6, 6.07) is 9.18. The highest BCUT2D eigenvalue weighted by Gasteiger charge is 2.38. The Hall–Kier alpha value is -4.98. The number of nitro benzene ring substituents is 1. The smallest absolute Gasteiger partial charge is 0.344 e. The maximum Gasteiger partial charge on any atom is 0.344 e. The van der Waals surface area contributed by atoms with Gasteiger partial charge < -0.3 is 28.8 Å². The number of rotatable bonds is 4. The molecular weight excluding hydrogens is 446 g/mol. The Balaban J connectivity index is 1.94. The van der Waals surface area contributed by atoms with Crippen LogP contribution < -0.4 is 25.6 Å². The van der Waals surface area contributed by atoms with Crippen LogP contribution in [0, 0.1) is 21.4 Å². The zero-order chi connectivity index (χ0) is 24.1. The van der Waals surface area contributed by atoms with Gasteiger partial charge in [0.25, 0.3) is 5.69 Å². The van der Waals surface area contributed by atoms with E-state index < -0.39 is 16.5 Å². The molecule has 0 bridgehead atoms. The summed E-state index contributed by atoms with van der Waals surface area (Å²) < 4.78 is 28.0. The molecule has 0 fully saturated rings. The number of hydrogen-bond donors (Lipinski definition) is 1. The van der Waals surface area contributed by atoms with Gasteiger partial charge in [0, 0.05) is 12.1 Å². The number of allylic oxidation sites excluding steroid dienone is 1. The fourth-order valence-corrected chi connectivity index (χ4v) is 4.27. The minimum absolute atomic E-state index is 0.00231. The maximum atomic E-state index is 13.3. The summed E-state index contributed by atoms with van der Waals surface area (Å²) in [5.41, 5.74) is 5.49. The van der Waals surface area contributed by atoms with Crippen LogP contribution in [-0.2, 0) is 0 Å². The number of furan rings is 1. The Morgan fingerprint density at radius 1 is 1.18 bits per heavy atom. The highest BCUT2D eigenvalue weighted by Crippen LogP contribution is 2.51. The van der Waals surface area contributed by atoms with E-state index in [1.54, 1.807) is 12.1 Å². The van der Waals surface area contributed by atoms with Gasteiger partial charge in [0.15, 0.2) is 16.9 Å². The molecule has 0 radical (unpaired) electrons. The molecule has 2 N–H and O–H groups in total.